The molecule has 2 rings (SSSR count). The van der Waals surface area contributed by atoms with Gasteiger partial charge in [0.1, 0.15) is 11.9 Å². The van der Waals surface area contributed by atoms with Crippen molar-refractivity contribution in [3.05, 3.63) is 29.3 Å². The van der Waals surface area contributed by atoms with Gasteiger partial charge in [-0.25, -0.2) is 0 Å². The summed E-state index contributed by atoms with van der Waals surface area (Å²) in [5, 5.41) is 3.41. The van der Waals surface area contributed by atoms with Gasteiger partial charge in [-0.05, 0) is 19.4 Å². The molecule has 0 spiro atoms. The third-order valence-electron chi connectivity index (χ3n) is 2.65. The zero-order valence-corrected chi connectivity index (χ0v) is 8.84. The molecule has 0 aliphatic carbocycles. The number of hydrogen-bond acceptors (Lipinski definition) is 2. The Morgan fingerprint density at radius 3 is 3.14 bits per heavy atom. The summed E-state index contributed by atoms with van der Waals surface area (Å²) in [7, 11) is 0. The Morgan fingerprint density at radius 1 is 1.50 bits per heavy atom. The number of rotatable bonds is 1. The fraction of sp³-hybridized carbons (Fsp3) is 0.500. The number of ether oxygens (including phenoxy) is 1. The van der Waals surface area contributed by atoms with Gasteiger partial charge in [-0.2, -0.15) is 0 Å². The number of nitrogens with one attached hydrogen (secondary N) is 1. The predicted molar refractivity (Wildman–Crippen MR) is 57.6 cm³/mol. The van der Waals surface area contributed by atoms with Gasteiger partial charge in [0.2, 0.25) is 0 Å². The second-order valence-electron chi connectivity index (χ2n) is 3.89. The maximum Gasteiger partial charge on any atom is 0.124 e. The molecule has 0 fully saturated rings. The largest absolute Gasteiger partial charge is 0.489 e. The molecule has 14 heavy (non-hydrogen) atoms. The highest BCUT2D eigenvalue weighted by molar-refractivity contribution is 5.37. The fourth-order valence-electron chi connectivity index (χ4n) is 1.78. The lowest BCUT2D eigenvalue weighted by atomic mass is 10.1. The Hall–Kier alpha value is -1.02. The van der Waals surface area contributed by atoms with Crippen LogP contribution in [0, 0.1) is 6.92 Å². The molecule has 1 aliphatic rings. The van der Waals surface area contributed by atoms with Crippen LogP contribution in [0.1, 0.15) is 24.5 Å². The van der Waals surface area contributed by atoms with Crippen LogP contribution in [0.2, 0.25) is 0 Å². The van der Waals surface area contributed by atoms with E-state index in [0.29, 0.717) is 6.10 Å². The lowest BCUT2D eigenvalue weighted by Crippen LogP contribution is -2.27. The molecule has 0 unspecified atom stereocenters. The molecule has 1 N–H and O–H groups in total. The maximum atomic E-state index is 5.90. The molecule has 0 aromatic heterocycles. The third-order valence-corrected chi connectivity index (χ3v) is 2.65. The smallest absolute Gasteiger partial charge is 0.124 e. The minimum Gasteiger partial charge on any atom is -0.489 e. The summed E-state index contributed by atoms with van der Waals surface area (Å²) >= 11 is 0. The van der Waals surface area contributed by atoms with E-state index in [4.69, 9.17) is 4.74 Å². The molecule has 1 heterocycles. The highest BCUT2D eigenvalue weighted by Crippen LogP contribution is 2.23. The molecular weight excluding hydrogens is 174 g/mol. The first-order chi connectivity index (χ1) is 6.79. The van der Waals surface area contributed by atoms with Gasteiger partial charge < -0.3 is 10.1 Å². The second kappa shape index (κ2) is 4.01. The molecule has 1 aliphatic heterocycles. The van der Waals surface area contributed by atoms with Gasteiger partial charge in [0.15, 0.2) is 0 Å². The van der Waals surface area contributed by atoms with Crippen molar-refractivity contribution in [1.29, 1.82) is 0 Å². The summed E-state index contributed by atoms with van der Waals surface area (Å²) in [6.45, 7) is 6.14. The molecule has 1 atom stereocenters. The van der Waals surface area contributed by atoms with E-state index in [1.807, 2.05) is 0 Å². The minimum atomic E-state index is 0.318. The van der Waals surface area contributed by atoms with Crippen LogP contribution in [0.4, 0.5) is 0 Å². The van der Waals surface area contributed by atoms with Gasteiger partial charge in [0.25, 0.3) is 0 Å². The fourth-order valence-corrected chi connectivity index (χ4v) is 1.78. The highest BCUT2D eigenvalue weighted by Gasteiger charge is 2.15. The molecule has 0 radical (unpaired) electrons. The predicted octanol–water partition coefficient (Wildman–Crippen LogP) is 2.26. The monoisotopic (exact) mass is 191 g/mol. The summed E-state index contributed by atoms with van der Waals surface area (Å²) in [5.41, 5.74) is 2.57. The van der Waals surface area contributed by atoms with Crippen LogP contribution in [-0.2, 0) is 6.54 Å². The Labute approximate surface area is 85.3 Å². The Bertz CT molecular complexity index is 322. The average molecular weight is 191 g/mol. The summed E-state index contributed by atoms with van der Waals surface area (Å²) in [4.78, 5) is 0. The molecule has 0 bridgehead atoms. The summed E-state index contributed by atoms with van der Waals surface area (Å²) in [6, 6.07) is 6.39. The Balaban J connectivity index is 2.27. The minimum absolute atomic E-state index is 0.318. The van der Waals surface area contributed by atoms with Crippen LogP contribution >= 0.6 is 0 Å². The van der Waals surface area contributed by atoms with Crippen LogP contribution in [0.3, 0.4) is 0 Å². The molecule has 0 amide bonds. The summed E-state index contributed by atoms with van der Waals surface area (Å²) < 4.78 is 5.90. The van der Waals surface area contributed by atoms with Crippen LogP contribution in [0.25, 0.3) is 0 Å². The number of benzene rings is 1. The van der Waals surface area contributed by atoms with Crippen LogP contribution in [0.5, 0.6) is 5.75 Å². The highest BCUT2D eigenvalue weighted by atomic mass is 16.5. The first-order valence-electron chi connectivity index (χ1n) is 5.26. The third kappa shape index (κ3) is 1.90. The standard InChI is InChI=1S/C12H17NO/c1-3-11-8-13-7-10-6-9(2)4-5-12(10)14-11/h4-6,11,13H,3,7-8H2,1-2H3/t11-/m1/s1. The van der Waals surface area contributed by atoms with Gasteiger partial charge in [0, 0.05) is 18.7 Å². The van der Waals surface area contributed by atoms with Crippen molar-refractivity contribution in [3.63, 3.8) is 0 Å². The van der Waals surface area contributed by atoms with Crippen LogP contribution in [0.15, 0.2) is 18.2 Å². The van der Waals surface area contributed by atoms with Crippen molar-refractivity contribution in [2.45, 2.75) is 32.9 Å². The van der Waals surface area contributed by atoms with Crippen molar-refractivity contribution < 1.29 is 4.74 Å². The van der Waals surface area contributed by atoms with Gasteiger partial charge in [-0.1, -0.05) is 24.6 Å². The van der Waals surface area contributed by atoms with Crippen molar-refractivity contribution in [2.75, 3.05) is 6.54 Å². The number of hydrogen-bond donors (Lipinski definition) is 1. The SMILES string of the molecule is CC[C@@H]1CNCc2cc(C)ccc2O1. The quantitative estimate of drug-likeness (QED) is 0.735. The summed E-state index contributed by atoms with van der Waals surface area (Å²) in [5.74, 6) is 1.05. The van der Waals surface area contributed by atoms with Crippen molar-refractivity contribution in [1.82, 2.24) is 5.32 Å². The van der Waals surface area contributed by atoms with Crippen LogP contribution in [-0.4, -0.2) is 12.6 Å². The van der Waals surface area contributed by atoms with Crippen LogP contribution < -0.4 is 10.1 Å². The van der Waals surface area contributed by atoms with Gasteiger partial charge >= 0.3 is 0 Å². The molecule has 76 valence electrons. The molecular formula is C12H17NO. The Morgan fingerprint density at radius 2 is 2.36 bits per heavy atom. The molecule has 0 saturated carbocycles. The van der Waals surface area contributed by atoms with E-state index in [9.17, 15) is 0 Å². The van der Waals surface area contributed by atoms with E-state index in [0.717, 1.165) is 25.3 Å². The van der Waals surface area contributed by atoms with E-state index in [-0.39, 0.29) is 0 Å². The van der Waals surface area contributed by atoms with E-state index in [2.05, 4.69) is 37.4 Å². The molecule has 2 heteroatoms. The van der Waals surface area contributed by atoms with E-state index in [1.165, 1.54) is 11.1 Å². The zero-order chi connectivity index (χ0) is 9.97. The molecule has 0 saturated heterocycles. The number of fused-ring (bicyclic) bond motifs is 1. The van der Waals surface area contributed by atoms with Gasteiger partial charge in [-0.15, -0.1) is 0 Å². The maximum absolute atomic E-state index is 5.90. The topological polar surface area (TPSA) is 21.3 Å². The zero-order valence-electron chi connectivity index (χ0n) is 8.84. The number of aryl methyl sites for hydroxylation is 1. The van der Waals surface area contributed by atoms with E-state index in [1.54, 1.807) is 0 Å². The van der Waals surface area contributed by atoms with Crippen molar-refractivity contribution in [2.24, 2.45) is 0 Å². The first kappa shape index (κ1) is 9.53. The lowest BCUT2D eigenvalue weighted by Gasteiger charge is -2.14. The molecule has 2 nitrogen and oxygen atoms in total. The normalized spacial score (nSPS) is 20.9. The first-order valence-corrected chi connectivity index (χ1v) is 5.26. The summed E-state index contributed by atoms with van der Waals surface area (Å²) in [6.07, 6.45) is 1.37. The van der Waals surface area contributed by atoms with Crippen molar-refractivity contribution in [3.8, 4) is 5.75 Å². The molecule has 1 aromatic carbocycles. The Kier molecular flexibility index (Phi) is 2.73. The molecule has 1 aromatic rings. The van der Waals surface area contributed by atoms with Crippen molar-refractivity contribution >= 4 is 0 Å². The van der Waals surface area contributed by atoms with E-state index >= 15 is 0 Å². The van der Waals surface area contributed by atoms with Gasteiger partial charge in [-0.3, -0.25) is 0 Å². The van der Waals surface area contributed by atoms with E-state index < -0.39 is 0 Å². The second-order valence-corrected chi connectivity index (χ2v) is 3.89. The lowest BCUT2D eigenvalue weighted by molar-refractivity contribution is 0.202. The van der Waals surface area contributed by atoms with Gasteiger partial charge in [0.05, 0.1) is 0 Å². The average Bonchev–Trinajstić information content (AvgIpc) is 2.38.